The number of hydrogen-bond donors (Lipinski definition) is 0. The Bertz CT molecular complexity index is 767. The normalized spacial score (nSPS) is 26.4. The monoisotopic (exact) mass is 393 g/mol. The van der Waals surface area contributed by atoms with Gasteiger partial charge in [-0.3, -0.25) is 14.5 Å². The first-order valence-electron chi connectivity index (χ1n) is 9.79. The number of halogens is 2. The molecule has 0 spiro atoms. The van der Waals surface area contributed by atoms with Gasteiger partial charge < -0.3 is 14.5 Å². The lowest BCUT2D eigenvalue weighted by Gasteiger charge is -2.34. The van der Waals surface area contributed by atoms with Crippen LogP contribution in [-0.2, 0) is 9.53 Å². The van der Waals surface area contributed by atoms with E-state index in [9.17, 15) is 18.4 Å². The predicted molar refractivity (Wildman–Crippen MR) is 97.7 cm³/mol. The Morgan fingerprint density at radius 3 is 2.50 bits per heavy atom. The first-order chi connectivity index (χ1) is 13.4. The largest absolute Gasteiger partial charge is 0.373 e. The molecule has 0 N–H and O–H groups in total. The van der Waals surface area contributed by atoms with E-state index in [2.05, 4.69) is 11.9 Å². The van der Waals surface area contributed by atoms with E-state index in [0.717, 1.165) is 18.7 Å². The minimum atomic E-state index is -0.855. The molecule has 3 heterocycles. The summed E-state index contributed by atoms with van der Waals surface area (Å²) in [6.07, 6.45) is 1.18. The summed E-state index contributed by atoms with van der Waals surface area (Å²) in [5, 5.41) is 0. The zero-order valence-corrected chi connectivity index (χ0v) is 15.9. The maximum absolute atomic E-state index is 13.9. The maximum atomic E-state index is 13.9. The molecule has 0 unspecified atom stereocenters. The van der Waals surface area contributed by atoms with Gasteiger partial charge in [-0.2, -0.15) is 0 Å². The first-order valence-corrected chi connectivity index (χ1v) is 9.79. The fourth-order valence-corrected chi connectivity index (χ4v) is 4.46. The third-order valence-corrected chi connectivity index (χ3v) is 6.18. The van der Waals surface area contributed by atoms with Crippen molar-refractivity contribution in [2.45, 2.75) is 25.0 Å². The summed E-state index contributed by atoms with van der Waals surface area (Å²) in [5.74, 6) is -2.03. The third-order valence-electron chi connectivity index (χ3n) is 6.18. The molecular weight excluding hydrogens is 368 g/mol. The molecule has 0 saturated carbocycles. The van der Waals surface area contributed by atoms with Crippen LogP contribution in [-0.4, -0.2) is 85.0 Å². The summed E-state index contributed by atoms with van der Waals surface area (Å²) < 4.78 is 32.7. The Kier molecular flexibility index (Phi) is 5.33. The van der Waals surface area contributed by atoms with Crippen LogP contribution in [0, 0.1) is 17.6 Å². The van der Waals surface area contributed by atoms with Crippen LogP contribution in [0.2, 0.25) is 0 Å². The van der Waals surface area contributed by atoms with E-state index < -0.39 is 17.5 Å². The van der Waals surface area contributed by atoms with E-state index in [4.69, 9.17) is 4.74 Å². The van der Waals surface area contributed by atoms with Crippen molar-refractivity contribution in [3.8, 4) is 0 Å². The van der Waals surface area contributed by atoms with Crippen LogP contribution in [0.5, 0.6) is 0 Å². The molecule has 3 saturated heterocycles. The number of carbonyl (C=O) groups is 2. The number of piperidine rings is 1. The van der Waals surface area contributed by atoms with Crippen LogP contribution in [0.15, 0.2) is 18.2 Å². The van der Waals surface area contributed by atoms with Crippen molar-refractivity contribution in [2.75, 3.05) is 46.4 Å². The number of nitrogens with zero attached hydrogens (tertiary/aromatic N) is 3. The van der Waals surface area contributed by atoms with E-state index in [1.807, 2.05) is 4.90 Å². The highest BCUT2D eigenvalue weighted by Gasteiger charge is 2.42. The van der Waals surface area contributed by atoms with Crippen LogP contribution in [0.25, 0.3) is 0 Å². The number of hydrogen-bond acceptors (Lipinski definition) is 4. The highest BCUT2D eigenvalue weighted by Crippen LogP contribution is 2.27. The van der Waals surface area contributed by atoms with E-state index in [1.165, 1.54) is 6.07 Å². The van der Waals surface area contributed by atoms with Gasteiger partial charge in [-0.15, -0.1) is 0 Å². The standard InChI is InChI=1S/C20H25F2N3O3/c1-23-8-9-28-18-12-25(11-17(18)23)19(26)13-4-6-24(7-5-13)20(27)15-3-2-14(21)10-16(15)22/h2-3,10,13,17-18H,4-9,11-12H2,1H3/t17-,18+/m0/s1. The van der Waals surface area contributed by atoms with Crippen LogP contribution in [0.4, 0.5) is 8.78 Å². The highest BCUT2D eigenvalue weighted by molar-refractivity contribution is 5.94. The van der Waals surface area contributed by atoms with Crippen molar-refractivity contribution in [2.24, 2.45) is 5.92 Å². The maximum Gasteiger partial charge on any atom is 0.256 e. The molecule has 152 valence electrons. The minimum absolute atomic E-state index is 0.0748. The number of ether oxygens (including phenoxy) is 1. The van der Waals surface area contributed by atoms with Crippen molar-refractivity contribution in [3.63, 3.8) is 0 Å². The van der Waals surface area contributed by atoms with Gasteiger partial charge in [-0.25, -0.2) is 8.78 Å². The van der Waals surface area contributed by atoms with Gasteiger partial charge >= 0.3 is 0 Å². The molecular formula is C20H25F2N3O3. The van der Waals surface area contributed by atoms with Crippen molar-refractivity contribution < 1.29 is 23.1 Å². The van der Waals surface area contributed by atoms with Gasteiger partial charge in [0.25, 0.3) is 5.91 Å². The molecule has 6 nitrogen and oxygen atoms in total. The van der Waals surface area contributed by atoms with Crippen molar-refractivity contribution >= 4 is 11.8 Å². The minimum Gasteiger partial charge on any atom is -0.373 e. The average Bonchev–Trinajstić information content (AvgIpc) is 3.13. The summed E-state index contributed by atoms with van der Waals surface area (Å²) in [4.78, 5) is 31.1. The molecule has 3 aliphatic heterocycles. The summed E-state index contributed by atoms with van der Waals surface area (Å²) in [5.41, 5.74) is -0.130. The number of carbonyl (C=O) groups excluding carboxylic acids is 2. The zero-order chi connectivity index (χ0) is 19.8. The smallest absolute Gasteiger partial charge is 0.256 e. The molecule has 0 radical (unpaired) electrons. The summed E-state index contributed by atoms with van der Waals surface area (Å²) in [6.45, 7) is 3.66. The summed E-state index contributed by atoms with van der Waals surface area (Å²) in [7, 11) is 2.06. The fraction of sp³-hybridized carbons (Fsp3) is 0.600. The molecule has 2 atom stereocenters. The Morgan fingerprint density at radius 2 is 1.82 bits per heavy atom. The molecule has 3 aliphatic rings. The van der Waals surface area contributed by atoms with E-state index in [1.54, 1.807) is 4.90 Å². The fourth-order valence-electron chi connectivity index (χ4n) is 4.46. The second-order valence-corrected chi connectivity index (χ2v) is 7.89. The summed E-state index contributed by atoms with van der Waals surface area (Å²) >= 11 is 0. The number of benzene rings is 1. The molecule has 1 aromatic carbocycles. The third kappa shape index (κ3) is 3.63. The van der Waals surface area contributed by atoms with Crippen molar-refractivity contribution in [3.05, 3.63) is 35.4 Å². The van der Waals surface area contributed by atoms with Gasteiger partial charge in [0.2, 0.25) is 5.91 Å². The van der Waals surface area contributed by atoms with Gasteiger partial charge in [0.1, 0.15) is 11.6 Å². The van der Waals surface area contributed by atoms with Crippen molar-refractivity contribution in [1.82, 2.24) is 14.7 Å². The first kappa shape index (κ1) is 19.3. The lowest BCUT2D eigenvalue weighted by Crippen LogP contribution is -2.48. The second-order valence-electron chi connectivity index (χ2n) is 7.89. The SMILES string of the molecule is CN1CCO[C@@H]2CN(C(=O)C3CCN(C(=O)c4ccc(F)cc4F)CC3)C[C@@H]21. The van der Waals surface area contributed by atoms with Gasteiger partial charge in [-0.1, -0.05) is 0 Å². The number of rotatable bonds is 2. The number of fused-ring (bicyclic) bond motifs is 1. The van der Waals surface area contributed by atoms with E-state index in [-0.39, 0.29) is 29.5 Å². The Morgan fingerprint density at radius 1 is 1.07 bits per heavy atom. The Hall–Kier alpha value is -2.06. The Balaban J connectivity index is 1.34. The van der Waals surface area contributed by atoms with Gasteiger partial charge in [-0.05, 0) is 32.0 Å². The molecule has 0 aromatic heterocycles. The topological polar surface area (TPSA) is 53.1 Å². The average molecular weight is 393 g/mol. The molecule has 4 rings (SSSR count). The lowest BCUT2D eigenvalue weighted by atomic mass is 9.95. The van der Waals surface area contributed by atoms with Gasteiger partial charge in [0.15, 0.2) is 0 Å². The van der Waals surface area contributed by atoms with E-state index >= 15 is 0 Å². The molecule has 8 heteroatoms. The molecule has 0 bridgehead atoms. The number of likely N-dealkylation sites (tertiary alicyclic amines) is 2. The molecule has 3 fully saturated rings. The van der Waals surface area contributed by atoms with Crippen LogP contribution >= 0.6 is 0 Å². The summed E-state index contributed by atoms with van der Waals surface area (Å²) in [6, 6.07) is 3.22. The zero-order valence-electron chi connectivity index (χ0n) is 15.9. The van der Waals surface area contributed by atoms with Crippen molar-refractivity contribution in [1.29, 1.82) is 0 Å². The second kappa shape index (κ2) is 7.75. The van der Waals surface area contributed by atoms with Crippen LogP contribution in [0.3, 0.4) is 0 Å². The molecule has 2 amide bonds. The number of likely N-dealkylation sites (N-methyl/N-ethyl adjacent to an activating group) is 1. The van der Waals surface area contributed by atoms with Gasteiger partial charge in [0, 0.05) is 44.7 Å². The quantitative estimate of drug-likeness (QED) is 0.762. The van der Waals surface area contributed by atoms with Crippen LogP contribution < -0.4 is 0 Å². The molecule has 28 heavy (non-hydrogen) atoms. The van der Waals surface area contributed by atoms with E-state index in [0.29, 0.717) is 45.6 Å². The number of amides is 2. The highest BCUT2D eigenvalue weighted by atomic mass is 19.1. The lowest BCUT2D eigenvalue weighted by molar-refractivity contribution is -0.136. The van der Waals surface area contributed by atoms with Gasteiger partial charge in [0.05, 0.1) is 24.3 Å². The molecule has 0 aliphatic carbocycles. The number of morpholine rings is 1. The molecule has 1 aromatic rings. The van der Waals surface area contributed by atoms with Crippen LogP contribution in [0.1, 0.15) is 23.2 Å². The predicted octanol–water partition coefficient (Wildman–Crippen LogP) is 1.36. The Labute approximate surface area is 163 Å².